The molecule has 4 nitrogen and oxygen atoms in total. The summed E-state index contributed by atoms with van der Waals surface area (Å²) in [5, 5.41) is 19.3. The first-order chi connectivity index (χ1) is 7.47. The largest absolute Gasteiger partial charge is 0.508 e. The summed E-state index contributed by atoms with van der Waals surface area (Å²) in [4.78, 5) is 13.5. The summed E-state index contributed by atoms with van der Waals surface area (Å²) in [6.07, 6.45) is 0. The molecule has 0 aliphatic rings. The van der Waals surface area contributed by atoms with Crippen LogP contribution in [0.3, 0.4) is 0 Å². The molecular formula is C11H14BrNO3. The predicted octanol–water partition coefficient (Wildman–Crippen LogP) is 1.95. The van der Waals surface area contributed by atoms with Crippen LogP contribution in [0, 0.1) is 0 Å². The monoisotopic (exact) mass is 287 g/mol. The van der Waals surface area contributed by atoms with Gasteiger partial charge in [0.05, 0.1) is 5.56 Å². The predicted molar refractivity (Wildman–Crippen MR) is 65.1 cm³/mol. The number of nitrogens with zero attached hydrogens (tertiary/aromatic N) is 1. The lowest BCUT2D eigenvalue weighted by Crippen LogP contribution is -2.36. The average molecular weight is 288 g/mol. The first-order valence-corrected chi connectivity index (χ1v) is 5.94. The lowest BCUT2D eigenvalue weighted by Gasteiger charge is -2.23. The molecule has 1 aromatic carbocycles. The molecule has 1 rings (SSSR count). The smallest absolute Gasteiger partial charge is 0.257 e. The zero-order valence-electron chi connectivity index (χ0n) is 9.14. The maximum Gasteiger partial charge on any atom is 0.257 e. The lowest BCUT2D eigenvalue weighted by atomic mass is 10.1. The molecule has 1 aromatic rings. The third-order valence-corrected chi connectivity index (χ3v) is 3.35. The van der Waals surface area contributed by atoms with Crippen molar-refractivity contribution in [2.45, 2.75) is 13.0 Å². The standard InChI is InChI=1S/C11H14BrNO3/c1-7(6-12)13(2)11(16)9-4-3-8(14)5-10(9)15/h3-5,7,14-15H,6H2,1-2H3. The summed E-state index contributed by atoms with van der Waals surface area (Å²) in [7, 11) is 1.67. The van der Waals surface area contributed by atoms with Crippen molar-refractivity contribution in [3.8, 4) is 11.5 Å². The van der Waals surface area contributed by atoms with Gasteiger partial charge in [-0.05, 0) is 19.1 Å². The molecule has 0 saturated heterocycles. The quantitative estimate of drug-likeness (QED) is 0.836. The van der Waals surface area contributed by atoms with E-state index in [1.807, 2.05) is 6.92 Å². The summed E-state index contributed by atoms with van der Waals surface area (Å²) in [5.74, 6) is -0.548. The molecule has 5 heteroatoms. The molecule has 0 heterocycles. The molecule has 0 aliphatic carbocycles. The summed E-state index contributed by atoms with van der Waals surface area (Å²) < 4.78 is 0. The molecule has 0 saturated carbocycles. The Morgan fingerprint density at radius 1 is 1.50 bits per heavy atom. The number of hydrogen-bond acceptors (Lipinski definition) is 3. The van der Waals surface area contributed by atoms with Gasteiger partial charge >= 0.3 is 0 Å². The number of carbonyl (C=O) groups is 1. The molecule has 0 aromatic heterocycles. The van der Waals surface area contributed by atoms with Crippen molar-refractivity contribution in [1.82, 2.24) is 4.90 Å². The van der Waals surface area contributed by atoms with Gasteiger partial charge in [0.25, 0.3) is 5.91 Å². The molecule has 0 spiro atoms. The van der Waals surface area contributed by atoms with Crippen LogP contribution in [0.15, 0.2) is 18.2 Å². The fourth-order valence-corrected chi connectivity index (χ4v) is 1.63. The summed E-state index contributed by atoms with van der Waals surface area (Å²) in [6, 6.07) is 3.96. The van der Waals surface area contributed by atoms with Gasteiger partial charge in [0.2, 0.25) is 0 Å². The average Bonchev–Trinajstić information content (AvgIpc) is 2.26. The minimum Gasteiger partial charge on any atom is -0.508 e. The van der Waals surface area contributed by atoms with Crippen molar-refractivity contribution in [2.24, 2.45) is 0 Å². The molecule has 0 radical (unpaired) electrons. The van der Waals surface area contributed by atoms with Crippen LogP contribution in [0.5, 0.6) is 11.5 Å². The van der Waals surface area contributed by atoms with Crippen LogP contribution in [0.4, 0.5) is 0 Å². The van der Waals surface area contributed by atoms with Crippen molar-refractivity contribution in [3.63, 3.8) is 0 Å². The van der Waals surface area contributed by atoms with Crippen molar-refractivity contribution >= 4 is 21.8 Å². The Balaban J connectivity index is 2.96. The molecule has 0 fully saturated rings. The molecule has 1 atom stereocenters. The number of alkyl halides is 1. The molecule has 88 valence electrons. The second-order valence-electron chi connectivity index (χ2n) is 3.62. The Morgan fingerprint density at radius 2 is 2.12 bits per heavy atom. The van der Waals surface area contributed by atoms with Gasteiger partial charge < -0.3 is 15.1 Å². The number of phenols is 2. The van der Waals surface area contributed by atoms with Gasteiger partial charge in [-0.1, -0.05) is 15.9 Å². The van der Waals surface area contributed by atoms with Crippen LogP contribution in [-0.2, 0) is 0 Å². The van der Waals surface area contributed by atoms with Crippen LogP contribution in [-0.4, -0.2) is 39.4 Å². The van der Waals surface area contributed by atoms with E-state index in [-0.39, 0.29) is 29.0 Å². The van der Waals surface area contributed by atoms with Gasteiger partial charge in [-0.15, -0.1) is 0 Å². The van der Waals surface area contributed by atoms with Crippen molar-refractivity contribution in [3.05, 3.63) is 23.8 Å². The number of amides is 1. The minimum absolute atomic E-state index is 0.0284. The van der Waals surface area contributed by atoms with Crippen LogP contribution in [0.2, 0.25) is 0 Å². The summed E-state index contributed by atoms with van der Waals surface area (Å²) in [5.41, 5.74) is 0.188. The first-order valence-electron chi connectivity index (χ1n) is 4.82. The number of aromatic hydroxyl groups is 2. The Kier molecular flexibility index (Phi) is 4.18. The lowest BCUT2D eigenvalue weighted by molar-refractivity contribution is 0.0755. The second-order valence-corrected chi connectivity index (χ2v) is 4.27. The van der Waals surface area contributed by atoms with Gasteiger partial charge in [-0.2, -0.15) is 0 Å². The number of rotatable bonds is 3. The van der Waals surface area contributed by atoms with Crippen molar-refractivity contribution in [1.29, 1.82) is 0 Å². The molecule has 1 amide bonds. The fourth-order valence-electron chi connectivity index (χ4n) is 1.19. The molecule has 0 aliphatic heterocycles. The van der Waals surface area contributed by atoms with Gasteiger partial charge in [0.1, 0.15) is 11.5 Å². The third kappa shape index (κ3) is 2.66. The van der Waals surface area contributed by atoms with Crippen molar-refractivity contribution < 1.29 is 15.0 Å². The van der Waals surface area contributed by atoms with Crippen LogP contribution in [0.25, 0.3) is 0 Å². The highest BCUT2D eigenvalue weighted by Crippen LogP contribution is 2.24. The highest BCUT2D eigenvalue weighted by Gasteiger charge is 2.19. The number of carbonyl (C=O) groups excluding carboxylic acids is 1. The Bertz CT molecular complexity index is 395. The van der Waals surface area contributed by atoms with Gasteiger partial charge in [-0.3, -0.25) is 4.79 Å². The van der Waals surface area contributed by atoms with Gasteiger partial charge in [0.15, 0.2) is 0 Å². The Hall–Kier alpha value is -1.23. The zero-order chi connectivity index (χ0) is 12.3. The number of phenolic OH excluding ortho intramolecular Hbond substituents is 2. The maximum absolute atomic E-state index is 11.9. The highest BCUT2D eigenvalue weighted by atomic mass is 79.9. The Morgan fingerprint density at radius 3 is 2.62 bits per heavy atom. The third-order valence-electron chi connectivity index (χ3n) is 2.42. The minimum atomic E-state index is -0.274. The van der Waals surface area contributed by atoms with E-state index in [1.165, 1.54) is 17.0 Å². The number of halogens is 1. The molecule has 1 unspecified atom stereocenters. The van der Waals surface area contributed by atoms with Gasteiger partial charge in [0, 0.05) is 24.5 Å². The zero-order valence-corrected chi connectivity index (χ0v) is 10.7. The highest BCUT2D eigenvalue weighted by molar-refractivity contribution is 9.09. The summed E-state index contributed by atoms with van der Waals surface area (Å²) in [6.45, 7) is 1.89. The molecule has 0 bridgehead atoms. The first kappa shape index (κ1) is 12.8. The van der Waals surface area contributed by atoms with E-state index in [2.05, 4.69) is 15.9 Å². The van der Waals surface area contributed by atoms with E-state index in [9.17, 15) is 9.90 Å². The maximum atomic E-state index is 11.9. The number of benzene rings is 1. The van der Waals surface area contributed by atoms with Crippen molar-refractivity contribution in [2.75, 3.05) is 12.4 Å². The van der Waals surface area contributed by atoms with E-state index in [1.54, 1.807) is 7.05 Å². The van der Waals surface area contributed by atoms with E-state index in [0.717, 1.165) is 6.07 Å². The summed E-state index contributed by atoms with van der Waals surface area (Å²) >= 11 is 3.29. The molecule has 16 heavy (non-hydrogen) atoms. The van der Waals surface area contributed by atoms with Crippen LogP contribution >= 0.6 is 15.9 Å². The SMILES string of the molecule is CC(CBr)N(C)C(=O)c1ccc(O)cc1O. The van der Waals surface area contributed by atoms with E-state index in [4.69, 9.17) is 5.11 Å². The van der Waals surface area contributed by atoms with E-state index >= 15 is 0 Å². The fraction of sp³-hybridized carbons (Fsp3) is 0.364. The van der Waals surface area contributed by atoms with Crippen LogP contribution in [0.1, 0.15) is 17.3 Å². The Labute approximate surface area is 103 Å². The molecule has 2 N–H and O–H groups in total. The van der Waals surface area contributed by atoms with Crippen LogP contribution < -0.4 is 0 Å². The van der Waals surface area contributed by atoms with Gasteiger partial charge in [-0.25, -0.2) is 0 Å². The van der Waals surface area contributed by atoms with E-state index in [0.29, 0.717) is 5.33 Å². The number of hydrogen-bond donors (Lipinski definition) is 2. The normalized spacial score (nSPS) is 12.2. The molecular weight excluding hydrogens is 274 g/mol. The topological polar surface area (TPSA) is 60.8 Å². The van der Waals surface area contributed by atoms with E-state index < -0.39 is 0 Å². The second kappa shape index (κ2) is 5.21.